The molecule has 24 heavy (non-hydrogen) atoms. The molecule has 0 unspecified atom stereocenters. The van der Waals surface area contributed by atoms with Crippen molar-refractivity contribution in [2.24, 2.45) is 0 Å². The number of hydrogen-bond acceptors (Lipinski definition) is 6. The van der Waals surface area contributed by atoms with E-state index in [1.807, 2.05) is 0 Å². The van der Waals surface area contributed by atoms with Crippen LogP contribution in [0.1, 0.15) is 16.4 Å². The molecule has 0 radical (unpaired) electrons. The van der Waals surface area contributed by atoms with Crippen LogP contribution in [0.5, 0.6) is 5.75 Å². The van der Waals surface area contributed by atoms with Gasteiger partial charge in [-0.15, -0.1) is 0 Å². The molecule has 2 rings (SSSR count). The summed E-state index contributed by atoms with van der Waals surface area (Å²) in [6.07, 6.45) is 1.14. The molecule has 0 aliphatic carbocycles. The molecule has 0 saturated heterocycles. The number of aromatic nitrogens is 1. The third kappa shape index (κ3) is 5.32. The summed E-state index contributed by atoms with van der Waals surface area (Å²) in [4.78, 5) is 15.7. The number of ether oxygens (including phenoxy) is 1. The van der Waals surface area contributed by atoms with Gasteiger partial charge in [-0.3, -0.25) is 4.79 Å². The summed E-state index contributed by atoms with van der Waals surface area (Å²) in [6.45, 7) is -0.0939. The summed E-state index contributed by atoms with van der Waals surface area (Å²) < 4.78 is 47.8. The second kappa shape index (κ2) is 7.88. The van der Waals surface area contributed by atoms with E-state index in [0.717, 1.165) is 6.26 Å². The molecular weight excluding hydrogens is 341 g/mol. The Morgan fingerprint density at radius 3 is 2.71 bits per heavy atom. The molecule has 2 N–H and O–H groups in total. The minimum atomic E-state index is -3.39. The van der Waals surface area contributed by atoms with Crippen LogP contribution >= 0.6 is 0 Å². The lowest BCUT2D eigenvalue weighted by atomic mass is 10.3. The van der Waals surface area contributed by atoms with Gasteiger partial charge >= 0.3 is 0 Å². The number of nitrogens with zero attached hydrogens (tertiary/aromatic N) is 1. The number of oxazole rings is 1. The molecule has 1 amide bonds. The number of carbonyl (C=O) groups is 1. The highest BCUT2D eigenvalue weighted by molar-refractivity contribution is 7.89. The summed E-state index contributed by atoms with van der Waals surface area (Å²) in [6, 6.07) is 5.41. The average molecular weight is 357 g/mol. The van der Waals surface area contributed by atoms with Crippen molar-refractivity contribution >= 4 is 15.9 Å². The second-order valence-corrected chi connectivity index (χ2v) is 6.69. The molecule has 10 heteroatoms. The zero-order valence-electron chi connectivity index (χ0n) is 12.8. The van der Waals surface area contributed by atoms with Crippen LogP contribution in [-0.4, -0.2) is 38.7 Å². The first-order chi connectivity index (χ1) is 11.4. The van der Waals surface area contributed by atoms with Crippen LogP contribution in [0.15, 0.2) is 34.9 Å². The van der Waals surface area contributed by atoms with E-state index in [1.165, 1.54) is 31.3 Å². The fourth-order valence-corrected chi connectivity index (χ4v) is 2.22. The molecule has 0 aliphatic heterocycles. The molecule has 0 aliphatic rings. The fourth-order valence-electron chi connectivity index (χ4n) is 1.65. The monoisotopic (exact) mass is 357 g/mol. The molecule has 0 spiro atoms. The normalized spacial score (nSPS) is 11.2. The second-order valence-electron chi connectivity index (χ2n) is 4.65. The van der Waals surface area contributed by atoms with Crippen LogP contribution < -0.4 is 14.8 Å². The lowest BCUT2D eigenvalue weighted by Crippen LogP contribution is -2.33. The van der Waals surface area contributed by atoms with Gasteiger partial charge in [-0.25, -0.2) is 22.5 Å². The predicted octanol–water partition coefficient (Wildman–Crippen LogP) is 0.672. The smallest absolute Gasteiger partial charge is 0.273 e. The highest BCUT2D eigenvalue weighted by Gasteiger charge is 2.14. The Morgan fingerprint density at radius 1 is 1.33 bits per heavy atom. The SMILES string of the molecule is CNS(=O)(=O)CCNC(=O)c1coc(COc2ccc(F)cc2)n1. The third-order valence-corrected chi connectivity index (χ3v) is 4.29. The van der Waals surface area contributed by atoms with Gasteiger partial charge in [0, 0.05) is 6.54 Å². The Hall–Kier alpha value is -2.46. The number of carbonyl (C=O) groups excluding carboxylic acids is 1. The maximum absolute atomic E-state index is 12.8. The number of rotatable bonds is 8. The largest absolute Gasteiger partial charge is 0.484 e. The number of sulfonamides is 1. The maximum atomic E-state index is 12.8. The number of benzene rings is 1. The zero-order valence-corrected chi connectivity index (χ0v) is 13.6. The predicted molar refractivity (Wildman–Crippen MR) is 82.4 cm³/mol. The molecule has 0 fully saturated rings. The summed E-state index contributed by atoms with van der Waals surface area (Å²) in [5, 5.41) is 2.42. The molecule has 130 valence electrons. The van der Waals surface area contributed by atoms with E-state index in [-0.39, 0.29) is 36.3 Å². The highest BCUT2D eigenvalue weighted by Crippen LogP contribution is 2.13. The van der Waals surface area contributed by atoms with Crippen LogP contribution in [0.25, 0.3) is 0 Å². The van der Waals surface area contributed by atoms with Gasteiger partial charge in [0.05, 0.1) is 5.75 Å². The van der Waals surface area contributed by atoms with E-state index in [1.54, 1.807) is 0 Å². The third-order valence-electron chi connectivity index (χ3n) is 2.93. The molecule has 0 atom stereocenters. The zero-order chi connectivity index (χ0) is 17.6. The Labute approximate surface area is 138 Å². The van der Waals surface area contributed by atoms with Crippen molar-refractivity contribution in [1.82, 2.24) is 15.0 Å². The van der Waals surface area contributed by atoms with Crippen LogP contribution in [0.3, 0.4) is 0 Å². The van der Waals surface area contributed by atoms with Crippen molar-refractivity contribution in [2.75, 3.05) is 19.3 Å². The molecule has 1 aromatic carbocycles. The summed E-state index contributed by atoms with van der Waals surface area (Å²) in [7, 11) is -2.10. The van der Waals surface area contributed by atoms with E-state index in [4.69, 9.17) is 9.15 Å². The van der Waals surface area contributed by atoms with E-state index in [0.29, 0.717) is 5.75 Å². The van der Waals surface area contributed by atoms with Gasteiger partial charge in [0.25, 0.3) is 5.91 Å². The van der Waals surface area contributed by atoms with Crippen molar-refractivity contribution < 1.29 is 26.8 Å². The molecule has 0 bridgehead atoms. The number of hydrogen-bond donors (Lipinski definition) is 2. The summed E-state index contributed by atoms with van der Waals surface area (Å²) in [5.74, 6) is -0.589. The van der Waals surface area contributed by atoms with Crippen molar-refractivity contribution in [3.63, 3.8) is 0 Å². The first kappa shape index (κ1) is 17.9. The van der Waals surface area contributed by atoms with Gasteiger partial charge in [-0.1, -0.05) is 0 Å². The van der Waals surface area contributed by atoms with Crippen molar-refractivity contribution in [2.45, 2.75) is 6.61 Å². The van der Waals surface area contributed by atoms with Crippen LogP contribution in [0.2, 0.25) is 0 Å². The quantitative estimate of drug-likeness (QED) is 0.718. The van der Waals surface area contributed by atoms with Crippen LogP contribution in [-0.2, 0) is 16.6 Å². The minimum absolute atomic E-state index is 0.00885. The van der Waals surface area contributed by atoms with E-state index >= 15 is 0 Å². The first-order valence-electron chi connectivity index (χ1n) is 6.92. The van der Waals surface area contributed by atoms with Gasteiger partial charge in [-0.05, 0) is 31.3 Å². The van der Waals surface area contributed by atoms with Gasteiger partial charge in [0.15, 0.2) is 12.3 Å². The minimum Gasteiger partial charge on any atom is -0.484 e. The average Bonchev–Trinajstić information content (AvgIpc) is 3.03. The molecule has 1 aromatic heterocycles. The Bertz CT molecular complexity index is 789. The van der Waals surface area contributed by atoms with Gasteiger partial charge in [-0.2, -0.15) is 0 Å². The molecule has 0 saturated carbocycles. The first-order valence-corrected chi connectivity index (χ1v) is 8.57. The Balaban J connectivity index is 1.83. The Kier molecular flexibility index (Phi) is 5.88. The van der Waals surface area contributed by atoms with Crippen molar-refractivity contribution in [3.05, 3.63) is 47.9 Å². The van der Waals surface area contributed by atoms with Gasteiger partial charge in [0.1, 0.15) is 17.8 Å². The van der Waals surface area contributed by atoms with Gasteiger partial charge in [0.2, 0.25) is 15.9 Å². The van der Waals surface area contributed by atoms with Crippen molar-refractivity contribution in [3.8, 4) is 5.75 Å². The number of nitrogens with one attached hydrogen (secondary N) is 2. The standard InChI is InChI=1S/C14H16FN3O5S/c1-16-24(20,21)7-6-17-14(19)12-8-23-13(18-12)9-22-11-4-2-10(15)3-5-11/h2-5,8,16H,6-7,9H2,1H3,(H,17,19). The summed E-state index contributed by atoms with van der Waals surface area (Å²) in [5.41, 5.74) is 0.00885. The maximum Gasteiger partial charge on any atom is 0.273 e. The fraction of sp³-hybridized carbons (Fsp3) is 0.286. The molecule has 2 aromatic rings. The Morgan fingerprint density at radius 2 is 2.04 bits per heavy atom. The van der Waals surface area contributed by atoms with E-state index < -0.39 is 15.9 Å². The topological polar surface area (TPSA) is 111 Å². The number of halogens is 1. The molecule has 8 nitrogen and oxygen atoms in total. The lowest BCUT2D eigenvalue weighted by molar-refractivity contribution is 0.0951. The van der Waals surface area contributed by atoms with Crippen LogP contribution in [0.4, 0.5) is 4.39 Å². The van der Waals surface area contributed by atoms with Gasteiger partial charge < -0.3 is 14.5 Å². The molecule has 1 heterocycles. The van der Waals surface area contributed by atoms with E-state index in [9.17, 15) is 17.6 Å². The molecular formula is C14H16FN3O5S. The van der Waals surface area contributed by atoms with E-state index in [2.05, 4.69) is 15.0 Å². The van der Waals surface area contributed by atoms with Crippen LogP contribution in [0, 0.1) is 5.82 Å². The highest BCUT2D eigenvalue weighted by atomic mass is 32.2. The number of amides is 1. The summed E-state index contributed by atoms with van der Waals surface area (Å²) >= 11 is 0. The van der Waals surface area contributed by atoms with Crippen molar-refractivity contribution in [1.29, 1.82) is 0 Å². The lowest BCUT2D eigenvalue weighted by Gasteiger charge is -2.03.